The number of hydrogen-bond donors (Lipinski definition) is 1. The topological polar surface area (TPSA) is 46.2 Å². The number of benzene rings is 1. The Balaban J connectivity index is 1.78. The third-order valence-electron chi connectivity index (χ3n) is 4.19. The number of nitrogens with zero attached hydrogens (tertiary/aromatic N) is 3. The molecule has 0 aliphatic rings. The number of fused-ring (bicyclic) bond motifs is 1. The van der Waals surface area contributed by atoms with Gasteiger partial charge in [-0.3, -0.25) is 4.68 Å². The minimum atomic E-state index is 0.136. The van der Waals surface area contributed by atoms with Crippen LogP contribution in [-0.2, 0) is 13.6 Å². The zero-order valence-electron chi connectivity index (χ0n) is 14.4. The second kappa shape index (κ2) is 6.08. The van der Waals surface area contributed by atoms with E-state index in [0.717, 1.165) is 34.8 Å². The van der Waals surface area contributed by atoms with Crippen molar-refractivity contribution in [2.24, 2.45) is 7.05 Å². The van der Waals surface area contributed by atoms with Gasteiger partial charge in [-0.05, 0) is 26.0 Å². The molecule has 2 aromatic heterocycles. The Morgan fingerprint density at radius 2 is 2.04 bits per heavy atom. The largest absolute Gasteiger partial charge is 0.459 e. The van der Waals surface area contributed by atoms with E-state index in [1.807, 2.05) is 44.0 Å². The SMILES string of the molecule is Cc1nn(C)c(N(C)C)c1CN[C@H](C)c1cc2ccccc2o1. The van der Waals surface area contributed by atoms with Gasteiger partial charge in [0.05, 0.1) is 11.7 Å². The van der Waals surface area contributed by atoms with Crippen LogP contribution in [0.5, 0.6) is 0 Å². The van der Waals surface area contributed by atoms with Crippen LogP contribution in [0.4, 0.5) is 5.82 Å². The van der Waals surface area contributed by atoms with Crippen LogP contribution in [0.2, 0.25) is 0 Å². The van der Waals surface area contributed by atoms with E-state index in [-0.39, 0.29) is 6.04 Å². The number of rotatable bonds is 5. The van der Waals surface area contributed by atoms with Crippen molar-refractivity contribution in [1.29, 1.82) is 0 Å². The van der Waals surface area contributed by atoms with Gasteiger partial charge in [0.25, 0.3) is 0 Å². The van der Waals surface area contributed by atoms with E-state index in [1.54, 1.807) is 0 Å². The number of furan rings is 1. The monoisotopic (exact) mass is 312 g/mol. The second-order valence-electron chi connectivity index (χ2n) is 6.19. The molecule has 3 rings (SSSR count). The second-order valence-corrected chi connectivity index (χ2v) is 6.19. The van der Waals surface area contributed by atoms with Crippen LogP contribution in [0.15, 0.2) is 34.7 Å². The van der Waals surface area contributed by atoms with Crippen LogP contribution in [0.3, 0.4) is 0 Å². The molecule has 1 atom stereocenters. The van der Waals surface area contributed by atoms with E-state index in [4.69, 9.17) is 4.42 Å². The molecule has 23 heavy (non-hydrogen) atoms. The Kier molecular flexibility index (Phi) is 4.13. The third-order valence-corrected chi connectivity index (χ3v) is 4.19. The summed E-state index contributed by atoms with van der Waals surface area (Å²) >= 11 is 0. The van der Waals surface area contributed by atoms with Crippen molar-refractivity contribution in [3.8, 4) is 0 Å². The van der Waals surface area contributed by atoms with E-state index in [1.165, 1.54) is 5.56 Å². The number of aryl methyl sites for hydroxylation is 2. The molecule has 122 valence electrons. The molecule has 5 heteroatoms. The fraction of sp³-hybridized carbons (Fsp3) is 0.389. The summed E-state index contributed by atoms with van der Waals surface area (Å²) < 4.78 is 7.87. The van der Waals surface area contributed by atoms with Crippen molar-refractivity contribution in [3.05, 3.63) is 47.3 Å². The number of hydrogen-bond acceptors (Lipinski definition) is 4. The molecule has 1 N–H and O–H groups in total. The quantitative estimate of drug-likeness (QED) is 0.784. The van der Waals surface area contributed by atoms with Gasteiger partial charge in [-0.25, -0.2) is 0 Å². The van der Waals surface area contributed by atoms with E-state index in [0.29, 0.717) is 0 Å². The summed E-state index contributed by atoms with van der Waals surface area (Å²) in [4.78, 5) is 2.10. The predicted molar refractivity (Wildman–Crippen MR) is 93.7 cm³/mol. The van der Waals surface area contributed by atoms with Crippen LogP contribution < -0.4 is 10.2 Å². The molecule has 0 amide bonds. The normalized spacial score (nSPS) is 12.7. The summed E-state index contributed by atoms with van der Waals surface area (Å²) in [5.74, 6) is 2.09. The lowest BCUT2D eigenvalue weighted by Crippen LogP contribution is -2.21. The predicted octanol–water partition coefficient (Wildman–Crippen LogP) is 3.39. The summed E-state index contributed by atoms with van der Waals surface area (Å²) in [5, 5.41) is 9.22. The molecule has 0 fully saturated rings. The van der Waals surface area contributed by atoms with Gasteiger partial charge >= 0.3 is 0 Å². The molecule has 2 heterocycles. The molecule has 0 saturated carbocycles. The van der Waals surface area contributed by atoms with E-state index in [9.17, 15) is 0 Å². The number of nitrogens with one attached hydrogen (secondary N) is 1. The molecule has 1 aromatic carbocycles. The number of anilines is 1. The summed E-state index contributed by atoms with van der Waals surface area (Å²) in [6.07, 6.45) is 0. The van der Waals surface area contributed by atoms with Gasteiger partial charge in [0.15, 0.2) is 0 Å². The summed E-state index contributed by atoms with van der Waals surface area (Å²) in [5.41, 5.74) is 3.21. The van der Waals surface area contributed by atoms with E-state index < -0.39 is 0 Å². The fourth-order valence-electron chi connectivity index (χ4n) is 3.03. The van der Waals surface area contributed by atoms with Gasteiger partial charge < -0.3 is 14.6 Å². The maximum Gasteiger partial charge on any atom is 0.134 e. The first-order valence-electron chi connectivity index (χ1n) is 7.89. The zero-order chi connectivity index (χ0) is 16.6. The molecule has 0 saturated heterocycles. The molecule has 0 aliphatic carbocycles. The van der Waals surface area contributed by atoms with Gasteiger partial charge in [0.1, 0.15) is 17.2 Å². The van der Waals surface area contributed by atoms with E-state index in [2.05, 4.69) is 41.3 Å². The average Bonchev–Trinajstić information content (AvgIpc) is 3.05. The Hall–Kier alpha value is -2.27. The van der Waals surface area contributed by atoms with Crippen LogP contribution in [0.25, 0.3) is 11.0 Å². The average molecular weight is 312 g/mol. The first-order chi connectivity index (χ1) is 11.0. The number of para-hydroxylation sites is 1. The molecule has 3 aromatic rings. The van der Waals surface area contributed by atoms with Crippen molar-refractivity contribution in [2.45, 2.75) is 26.4 Å². The van der Waals surface area contributed by atoms with Crippen molar-refractivity contribution in [1.82, 2.24) is 15.1 Å². The summed E-state index contributed by atoms with van der Waals surface area (Å²) in [7, 11) is 6.07. The van der Waals surface area contributed by atoms with Crippen molar-refractivity contribution in [2.75, 3.05) is 19.0 Å². The van der Waals surface area contributed by atoms with Gasteiger partial charge in [-0.1, -0.05) is 18.2 Å². The molecule has 0 radical (unpaired) electrons. The van der Waals surface area contributed by atoms with Gasteiger partial charge in [-0.2, -0.15) is 5.10 Å². The maximum absolute atomic E-state index is 5.94. The maximum atomic E-state index is 5.94. The Morgan fingerprint density at radius 3 is 2.74 bits per heavy atom. The highest BCUT2D eigenvalue weighted by atomic mass is 16.3. The van der Waals surface area contributed by atoms with Gasteiger partial charge in [0.2, 0.25) is 0 Å². The number of aromatic nitrogens is 2. The highest BCUT2D eigenvalue weighted by Crippen LogP contribution is 2.25. The summed E-state index contributed by atoms with van der Waals surface area (Å²) in [6.45, 7) is 4.93. The standard InChI is InChI=1S/C18H24N4O/c1-12-15(18(21(3)4)22(5)20-12)11-19-13(2)17-10-14-8-6-7-9-16(14)23-17/h6-10,13,19H,11H2,1-5H3/t13-/m1/s1. The molecule has 5 nitrogen and oxygen atoms in total. The lowest BCUT2D eigenvalue weighted by Gasteiger charge is -2.17. The summed E-state index contributed by atoms with van der Waals surface area (Å²) in [6, 6.07) is 10.3. The molecular weight excluding hydrogens is 288 g/mol. The molecule has 0 spiro atoms. The highest BCUT2D eigenvalue weighted by Gasteiger charge is 2.17. The first kappa shape index (κ1) is 15.6. The highest BCUT2D eigenvalue weighted by molar-refractivity contribution is 5.77. The van der Waals surface area contributed by atoms with Crippen molar-refractivity contribution in [3.63, 3.8) is 0 Å². The van der Waals surface area contributed by atoms with Crippen LogP contribution in [0, 0.1) is 6.92 Å². The minimum absolute atomic E-state index is 0.136. The molecule has 0 aliphatic heterocycles. The lowest BCUT2D eigenvalue weighted by atomic mass is 10.2. The van der Waals surface area contributed by atoms with Gasteiger partial charge in [0, 0.05) is 38.6 Å². The van der Waals surface area contributed by atoms with Crippen molar-refractivity contribution < 1.29 is 4.42 Å². The third kappa shape index (κ3) is 2.97. The van der Waals surface area contributed by atoms with Crippen LogP contribution >= 0.6 is 0 Å². The first-order valence-corrected chi connectivity index (χ1v) is 7.89. The smallest absolute Gasteiger partial charge is 0.134 e. The fourth-order valence-corrected chi connectivity index (χ4v) is 3.03. The van der Waals surface area contributed by atoms with Gasteiger partial charge in [-0.15, -0.1) is 0 Å². The van der Waals surface area contributed by atoms with Crippen LogP contribution in [0.1, 0.15) is 30.0 Å². The molecule has 0 unspecified atom stereocenters. The molecular formula is C18H24N4O. The van der Waals surface area contributed by atoms with Crippen LogP contribution in [-0.4, -0.2) is 23.9 Å². The Morgan fingerprint density at radius 1 is 1.30 bits per heavy atom. The Labute approximate surface area is 136 Å². The zero-order valence-corrected chi connectivity index (χ0v) is 14.4. The van der Waals surface area contributed by atoms with E-state index >= 15 is 0 Å². The van der Waals surface area contributed by atoms with Crippen molar-refractivity contribution >= 4 is 16.8 Å². The minimum Gasteiger partial charge on any atom is -0.459 e. The lowest BCUT2D eigenvalue weighted by molar-refractivity contribution is 0.450. The Bertz CT molecular complexity index is 783. The molecule has 0 bridgehead atoms.